The van der Waals surface area contributed by atoms with E-state index in [9.17, 15) is 0 Å². The fourth-order valence-corrected chi connectivity index (χ4v) is 1.90. The van der Waals surface area contributed by atoms with Crippen LogP contribution in [0.2, 0.25) is 0 Å². The Morgan fingerprint density at radius 3 is 2.50 bits per heavy atom. The van der Waals surface area contributed by atoms with Crippen LogP contribution in [-0.4, -0.2) is 16.4 Å². The Morgan fingerprint density at radius 2 is 1.90 bits per heavy atom. The van der Waals surface area contributed by atoms with E-state index in [0.29, 0.717) is 29.7 Å². The number of ether oxygens (including phenoxy) is 2. The summed E-state index contributed by atoms with van der Waals surface area (Å²) in [5.74, 6) is 1.90. The maximum Gasteiger partial charge on any atom is 0.241 e. The lowest BCUT2D eigenvalue weighted by atomic mass is 10.3. The molecule has 0 atom stereocenters. The fourth-order valence-electron chi connectivity index (χ4n) is 1.90. The Balaban J connectivity index is 2.40. The SMILES string of the molecule is CCOc1ccccc1Oc1c(N)c(C)nn1C(C)C. The first-order chi connectivity index (χ1) is 9.54. The standard InChI is InChI=1S/C15H21N3O2/c1-5-19-12-8-6-7-9-13(12)20-15-14(16)11(4)17-18(15)10(2)3/h6-10H,5,16H2,1-4H3. The van der Waals surface area contributed by atoms with Gasteiger partial charge < -0.3 is 15.2 Å². The summed E-state index contributed by atoms with van der Waals surface area (Å²) >= 11 is 0. The highest BCUT2D eigenvalue weighted by Gasteiger charge is 2.18. The second kappa shape index (κ2) is 5.86. The lowest BCUT2D eigenvalue weighted by Gasteiger charge is -2.14. The van der Waals surface area contributed by atoms with Crippen LogP contribution in [0.25, 0.3) is 0 Å². The van der Waals surface area contributed by atoms with Gasteiger partial charge in [-0.25, -0.2) is 4.68 Å². The largest absolute Gasteiger partial charge is 0.490 e. The van der Waals surface area contributed by atoms with Crippen LogP contribution in [0, 0.1) is 6.92 Å². The van der Waals surface area contributed by atoms with Gasteiger partial charge >= 0.3 is 0 Å². The average molecular weight is 275 g/mol. The summed E-state index contributed by atoms with van der Waals surface area (Å²) in [6, 6.07) is 7.71. The van der Waals surface area contributed by atoms with E-state index in [4.69, 9.17) is 15.2 Å². The van der Waals surface area contributed by atoms with Crippen molar-refractivity contribution >= 4 is 5.69 Å². The third-order valence-corrected chi connectivity index (χ3v) is 2.93. The predicted octanol–water partition coefficient (Wildman–Crippen LogP) is 3.55. The molecule has 0 aliphatic rings. The second-order valence-electron chi connectivity index (χ2n) is 4.82. The molecule has 108 valence electrons. The van der Waals surface area contributed by atoms with Crippen molar-refractivity contribution in [2.75, 3.05) is 12.3 Å². The van der Waals surface area contributed by atoms with Gasteiger partial charge in [-0.2, -0.15) is 5.10 Å². The average Bonchev–Trinajstić information content (AvgIpc) is 2.70. The molecule has 0 saturated carbocycles. The van der Waals surface area contributed by atoms with Crippen LogP contribution >= 0.6 is 0 Å². The van der Waals surface area contributed by atoms with Crippen LogP contribution in [0.3, 0.4) is 0 Å². The maximum atomic E-state index is 6.06. The molecule has 0 amide bonds. The van der Waals surface area contributed by atoms with Gasteiger partial charge in [0, 0.05) is 0 Å². The minimum Gasteiger partial charge on any atom is -0.490 e. The van der Waals surface area contributed by atoms with Gasteiger partial charge in [0.25, 0.3) is 0 Å². The minimum atomic E-state index is 0.167. The van der Waals surface area contributed by atoms with Gasteiger partial charge in [0.2, 0.25) is 5.88 Å². The van der Waals surface area contributed by atoms with Crippen LogP contribution in [0.1, 0.15) is 32.5 Å². The smallest absolute Gasteiger partial charge is 0.241 e. The second-order valence-corrected chi connectivity index (χ2v) is 4.82. The molecule has 1 heterocycles. The molecule has 0 spiro atoms. The van der Waals surface area contributed by atoms with Crippen LogP contribution in [-0.2, 0) is 0 Å². The Morgan fingerprint density at radius 1 is 1.25 bits per heavy atom. The van der Waals surface area contributed by atoms with Gasteiger partial charge in [0.05, 0.1) is 18.3 Å². The van der Waals surface area contributed by atoms with Gasteiger partial charge in [0.15, 0.2) is 11.5 Å². The molecule has 2 N–H and O–H groups in total. The van der Waals surface area contributed by atoms with Crippen LogP contribution in [0.5, 0.6) is 17.4 Å². The lowest BCUT2D eigenvalue weighted by Crippen LogP contribution is -2.06. The van der Waals surface area contributed by atoms with Crippen molar-refractivity contribution in [3.05, 3.63) is 30.0 Å². The minimum absolute atomic E-state index is 0.167. The molecule has 5 heteroatoms. The number of hydrogen-bond acceptors (Lipinski definition) is 4. The normalized spacial score (nSPS) is 10.8. The fraction of sp³-hybridized carbons (Fsp3) is 0.400. The van der Waals surface area contributed by atoms with Crippen molar-refractivity contribution < 1.29 is 9.47 Å². The van der Waals surface area contributed by atoms with Crippen molar-refractivity contribution in [2.24, 2.45) is 0 Å². The molecule has 5 nitrogen and oxygen atoms in total. The Hall–Kier alpha value is -2.17. The number of nitrogens with zero attached hydrogens (tertiary/aromatic N) is 2. The number of rotatable bonds is 5. The van der Waals surface area contributed by atoms with E-state index in [-0.39, 0.29) is 6.04 Å². The predicted molar refractivity (Wildman–Crippen MR) is 79.4 cm³/mol. The maximum absolute atomic E-state index is 6.06. The Bertz CT molecular complexity index is 591. The van der Waals surface area contributed by atoms with Crippen molar-refractivity contribution in [3.8, 4) is 17.4 Å². The third-order valence-electron chi connectivity index (χ3n) is 2.93. The molecular formula is C15H21N3O2. The van der Waals surface area contributed by atoms with Crippen molar-refractivity contribution in [2.45, 2.75) is 33.7 Å². The molecule has 20 heavy (non-hydrogen) atoms. The molecule has 2 aromatic rings. The van der Waals surface area contributed by atoms with Crippen molar-refractivity contribution in [3.63, 3.8) is 0 Å². The highest BCUT2D eigenvalue weighted by atomic mass is 16.5. The molecule has 0 fully saturated rings. The number of para-hydroxylation sites is 2. The lowest BCUT2D eigenvalue weighted by molar-refractivity contribution is 0.312. The van der Waals surface area contributed by atoms with Gasteiger partial charge in [-0.3, -0.25) is 0 Å². The highest BCUT2D eigenvalue weighted by Crippen LogP contribution is 2.36. The number of benzene rings is 1. The molecule has 0 unspecified atom stereocenters. The van der Waals surface area contributed by atoms with E-state index in [1.54, 1.807) is 4.68 Å². The van der Waals surface area contributed by atoms with E-state index >= 15 is 0 Å². The Labute approximate surface area is 119 Å². The zero-order valence-corrected chi connectivity index (χ0v) is 12.4. The molecule has 1 aromatic carbocycles. The third kappa shape index (κ3) is 2.71. The molecule has 0 radical (unpaired) electrons. The van der Waals surface area contributed by atoms with Gasteiger partial charge in [-0.05, 0) is 39.8 Å². The number of aryl methyl sites for hydroxylation is 1. The molecule has 0 saturated heterocycles. The highest BCUT2D eigenvalue weighted by molar-refractivity contribution is 5.55. The van der Waals surface area contributed by atoms with Crippen molar-refractivity contribution in [1.82, 2.24) is 9.78 Å². The summed E-state index contributed by atoms with van der Waals surface area (Å²) in [5.41, 5.74) is 7.39. The number of anilines is 1. The number of aromatic nitrogens is 2. The molecule has 0 aliphatic heterocycles. The van der Waals surface area contributed by atoms with E-state index in [2.05, 4.69) is 5.10 Å². The summed E-state index contributed by atoms with van der Waals surface area (Å²) in [4.78, 5) is 0. The molecule has 1 aromatic heterocycles. The van der Waals surface area contributed by atoms with E-state index in [1.807, 2.05) is 52.0 Å². The number of nitrogens with two attached hydrogens (primary N) is 1. The summed E-state index contributed by atoms with van der Waals surface area (Å²) in [7, 11) is 0. The first-order valence-electron chi connectivity index (χ1n) is 6.78. The zero-order valence-electron chi connectivity index (χ0n) is 12.4. The molecule has 0 aliphatic carbocycles. The first-order valence-corrected chi connectivity index (χ1v) is 6.78. The number of nitrogen functional groups attached to an aromatic ring is 1. The first kappa shape index (κ1) is 14.2. The van der Waals surface area contributed by atoms with Crippen LogP contribution in [0.4, 0.5) is 5.69 Å². The van der Waals surface area contributed by atoms with Crippen LogP contribution < -0.4 is 15.2 Å². The van der Waals surface area contributed by atoms with Gasteiger partial charge in [0.1, 0.15) is 5.69 Å². The summed E-state index contributed by atoms with van der Waals surface area (Å²) < 4.78 is 13.3. The quantitative estimate of drug-likeness (QED) is 0.906. The monoisotopic (exact) mass is 275 g/mol. The summed E-state index contributed by atoms with van der Waals surface area (Å²) in [5, 5.41) is 4.41. The molecule has 2 rings (SSSR count). The van der Waals surface area contributed by atoms with E-state index < -0.39 is 0 Å². The topological polar surface area (TPSA) is 62.3 Å². The summed E-state index contributed by atoms with van der Waals surface area (Å²) in [6.45, 7) is 8.46. The Kier molecular flexibility index (Phi) is 4.17. The molecule has 0 bridgehead atoms. The van der Waals surface area contributed by atoms with E-state index in [0.717, 1.165) is 5.69 Å². The summed E-state index contributed by atoms with van der Waals surface area (Å²) in [6.07, 6.45) is 0. The molecular weight excluding hydrogens is 254 g/mol. The zero-order chi connectivity index (χ0) is 14.7. The number of hydrogen-bond donors (Lipinski definition) is 1. The van der Waals surface area contributed by atoms with E-state index in [1.165, 1.54) is 0 Å². The van der Waals surface area contributed by atoms with Crippen molar-refractivity contribution in [1.29, 1.82) is 0 Å². The van der Waals surface area contributed by atoms with Gasteiger partial charge in [-0.15, -0.1) is 0 Å². The van der Waals surface area contributed by atoms with Gasteiger partial charge in [-0.1, -0.05) is 12.1 Å². The van der Waals surface area contributed by atoms with Crippen LogP contribution in [0.15, 0.2) is 24.3 Å².